The zero-order chi connectivity index (χ0) is 16.5. The average molecular weight is 357 g/mol. The summed E-state index contributed by atoms with van der Waals surface area (Å²) in [5.41, 5.74) is -0.650. The first kappa shape index (κ1) is 16.4. The van der Waals surface area contributed by atoms with Crippen LogP contribution < -0.4 is 14.8 Å². The number of sulfone groups is 1. The minimum Gasteiger partial charge on any atom is -0.486 e. The summed E-state index contributed by atoms with van der Waals surface area (Å²) in [6.07, 6.45) is 0.468. The van der Waals surface area contributed by atoms with Crippen LogP contribution in [-0.2, 0) is 14.6 Å². The van der Waals surface area contributed by atoms with E-state index in [0.29, 0.717) is 31.1 Å². The first-order valence-corrected chi connectivity index (χ1v) is 10.2. The minimum absolute atomic E-state index is 0.0143. The lowest BCUT2D eigenvalue weighted by molar-refractivity contribution is -0.120. The van der Waals surface area contributed by atoms with Gasteiger partial charge in [-0.1, -0.05) is 0 Å². The van der Waals surface area contributed by atoms with Gasteiger partial charge in [0.05, 0.1) is 22.8 Å². The Bertz CT molecular complexity index is 719. The first-order chi connectivity index (χ1) is 10.9. The maximum atomic E-state index is 12.1. The highest BCUT2D eigenvalue weighted by atomic mass is 32.2. The molecule has 6 nitrogen and oxygen atoms in total. The molecule has 0 radical (unpaired) electrons. The van der Waals surface area contributed by atoms with Crippen molar-refractivity contribution in [1.82, 2.24) is 5.32 Å². The number of ether oxygens (including phenoxy) is 2. The number of fused-ring (bicyclic) bond motifs is 1. The second-order valence-corrected chi connectivity index (χ2v) is 9.28. The summed E-state index contributed by atoms with van der Waals surface area (Å²) >= 11 is 1.39. The maximum Gasteiger partial charge on any atom is 0.230 e. The Balaban J connectivity index is 1.55. The molecule has 0 unspecified atom stereocenters. The zero-order valence-electron chi connectivity index (χ0n) is 12.8. The van der Waals surface area contributed by atoms with Crippen LogP contribution >= 0.6 is 11.8 Å². The first-order valence-electron chi connectivity index (χ1n) is 7.39. The van der Waals surface area contributed by atoms with Gasteiger partial charge in [0.15, 0.2) is 21.3 Å². The van der Waals surface area contributed by atoms with Gasteiger partial charge in [-0.2, -0.15) is 0 Å². The molecule has 0 aliphatic carbocycles. The molecule has 1 amide bonds. The van der Waals surface area contributed by atoms with E-state index in [0.717, 1.165) is 4.90 Å². The molecule has 0 spiro atoms. The van der Waals surface area contributed by atoms with E-state index in [4.69, 9.17) is 9.47 Å². The fourth-order valence-corrected chi connectivity index (χ4v) is 5.56. The van der Waals surface area contributed by atoms with Crippen LogP contribution in [0.25, 0.3) is 0 Å². The number of nitrogens with one attached hydrogen (secondary N) is 1. The zero-order valence-corrected chi connectivity index (χ0v) is 14.5. The fraction of sp³-hybridized carbons (Fsp3) is 0.533. The lowest BCUT2D eigenvalue weighted by Crippen LogP contribution is -2.47. The van der Waals surface area contributed by atoms with E-state index in [-0.39, 0.29) is 23.2 Å². The van der Waals surface area contributed by atoms with Crippen LogP contribution in [-0.4, -0.2) is 50.3 Å². The highest BCUT2D eigenvalue weighted by Gasteiger charge is 2.39. The molecule has 2 heterocycles. The van der Waals surface area contributed by atoms with Crippen molar-refractivity contribution in [1.29, 1.82) is 0 Å². The molecule has 1 fully saturated rings. The lowest BCUT2D eigenvalue weighted by atomic mass is 10.0. The number of hydrogen-bond donors (Lipinski definition) is 1. The molecule has 1 N–H and O–H groups in total. The van der Waals surface area contributed by atoms with Crippen molar-refractivity contribution < 1.29 is 22.7 Å². The quantitative estimate of drug-likeness (QED) is 0.817. The van der Waals surface area contributed by atoms with Gasteiger partial charge in [0.25, 0.3) is 0 Å². The van der Waals surface area contributed by atoms with E-state index in [1.54, 1.807) is 6.92 Å². The minimum atomic E-state index is -3.03. The van der Waals surface area contributed by atoms with Gasteiger partial charge in [0, 0.05) is 4.90 Å². The molecule has 2 aliphatic rings. The normalized spacial score (nSPS) is 25.1. The summed E-state index contributed by atoms with van der Waals surface area (Å²) in [4.78, 5) is 13.0. The summed E-state index contributed by atoms with van der Waals surface area (Å²) < 4.78 is 34.1. The molecule has 126 valence electrons. The summed E-state index contributed by atoms with van der Waals surface area (Å²) in [5, 5.41) is 2.85. The SMILES string of the molecule is C[C@@]1(NC(=O)CSc2ccc3c(c2)OCCO3)CCS(=O)(=O)C1. The third kappa shape index (κ3) is 4.11. The molecule has 1 aromatic carbocycles. The van der Waals surface area contributed by atoms with Gasteiger partial charge in [-0.05, 0) is 31.5 Å². The average Bonchev–Trinajstić information content (AvgIpc) is 2.78. The van der Waals surface area contributed by atoms with Crippen molar-refractivity contribution in [2.24, 2.45) is 0 Å². The predicted octanol–water partition coefficient (Wildman–Crippen LogP) is 1.24. The highest BCUT2D eigenvalue weighted by molar-refractivity contribution is 8.00. The molecule has 23 heavy (non-hydrogen) atoms. The standard InChI is InChI=1S/C15H19NO5S2/c1-15(4-7-23(18,19)10-15)16-14(17)9-22-11-2-3-12-13(8-11)21-6-5-20-12/h2-3,8H,4-7,9-10H2,1H3,(H,16,17)/t15-/m1/s1. The van der Waals surface area contributed by atoms with Crippen LogP contribution in [0.4, 0.5) is 0 Å². The molecule has 3 rings (SSSR count). The smallest absolute Gasteiger partial charge is 0.230 e. The summed E-state index contributed by atoms with van der Waals surface area (Å²) in [6.45, 7) is 2.85. The van der Waals surface area contributed by atoms with Crippen molar-refractivity contribution in [3.8, 4) is 11.5 Å². The van der Waals surface area contributed by atoms with Crippen LogP contribution in [0.1, 0.15) is 13.3 Å². The van der Waals surface area contributed by atoms with Crippen LogP contribution in [0, 0.1) is 0 Å². The summed E-state index contributed by atoms with van der Waals surface area (Å²) in [5.74, 6) is 1.63. The predicted molar refractivity (Wildman–Crippen MR) is 88.0 cm³/mol. The van der Waals surface area contributed by atoms with Gasteiger partial charge in [0.2, 0.25) is 5.91 Å². The van der Waals surface area contributed by atoms with E-state index < -0.39 is 15.4 Å². The topological polar surface area (TPSA) is 81.7 Å². The molecule has 1 atom stereocenters. The van der Waals surface area contributed by atoms with E-state index >= 15 is 0 Å². The Morgan fingerprint density at radius 2 is 2.04 bits per heavy atom. The van der Waals surface area contributed by atoms with E-state index in [1.807, 2.05) is 18.2 Å². The fourth-order valence-electron chi connectivity index (χ4n) is 2.74. The monoisotopic (exact) mass is 357 g/mol. The van der Waals surface area contributed by atoms with Crippen molar-refractivity contribution >= 4 is 27.5 Å². The molecule has 1 aromatic rings. The van der Waals surface area contributed by atoms with E-state index in [1.165, 1.54) is 11.8 Å². The Labute approximate surface area is 139 Å². The second-order valence-electron chi connectivity index (χ2n) is 6.05. The Hall–Kier alpha value is -1.41. The molecule has 8 heteroatoms. The Morgan fingerprint density at radius 3 is 2.74 bits per heavy atom. The van der Waals surface area contributed by atoms with Crippen molar-refractivity contribution in [3.05, 3.63) is 18.2 Å². The molecular formula is C15H19NO5S2. The molecule has 0 saturated carbocycles. The Kier molecular flexibility index (Phi) is 4.46. The second kappa shape index (κ2) is 6.24. The third-order valence-corrected chi connectivity index (χ3v) is 6.72. The van der Waals surface area contributed by atoms with Crippen molar-refractivity contribution in [2.75, 3.05) is 30.5 Å². The van der Waals surface area contributed by atoms with Gasteiger partial charge in [-0.15, -0.1) is 11.8 Å². The van der Waals surface area contributed by atoms with Crippen LogP contribution in [0.15, 0.2) is 23.1 Å². The molecule has 0 bridgehead atoms. The van der Waals surface area contributed by atoms with Gasteiger partial charge in [-0.3, -0.25) is 4.79 Å². The van der Waals surface area contributed by atoms with Crippen LogP contribution in [0.2, 0.25) is 0 Å². The van der Waals surface area contributed by atoms with Gasteiger partial charge >= 0.3 is 0 Å². The van der Waals surface area contributed by atoms with Gasteiger partial charge in [0.1, 0.15) is 13.2 Å². The largest absolute Gasteiger partial charge is 0.486 e. The molecule has 2 aliphatic heterocycles. The molecule has 0 aromatic heterocycles. The number of thioether (sulfide) groups is 1. The summed E-state index contributed by atoms with van der Waals surface area (Å²) in [6, 6.07) is 5.57. The van der Waals surface area contributed by atoms with E-state index in [2.05, 4.69) is 5.32 Å². The van der Waals surface area contributed by atoms with Crippen LogP contribution in [0.3, 0.4) is 0 Å². The van der Waals surface area contributed by atoms with Crippen molar-refractivity contribution in [3.63, 3.8) is 0 Å². The van der Waals surface area contributed by atoms with Gasteiger partial charge in [-0.25, -0.2) is 8.42 Å². The maximum absolute atomic E-state index is 12.1. The number of rotatable bonds is 4. The number of carbonyl (C=O) groups is 1. The van der Waals surface area contributed by atoms with Gasteiger partial charge < -0.3 is 14.8 Å². The number of benzene rings is 1. The molecular weight excluding hydrogens is 338 g/mol. The van der Waals surface area contributed by atoms with E-state index in [9.17, 15) is 13.2 Å². The third-order valence-electron chi connectivity index (χ3n) is 3.83. The van der Waals surface area contributed by atoms with Crippen LogP contribution in [0.5, 0.6) is 11.5 Å². The van der Waals surface area contributed by atoms with Crippen molar-refractivity contribution in [2.45, 2.75) is 23.8 Å². The highest BCUT2D eigenvalue weighted by Crippen LogP contribution is 2.34. The molecule has 1 saturated heterocycles. The number of amides is 1. The summed E-state index contributed by atoms with van der Waals surface area (Å²) in [7, 11) is -3.03. The number of hydrogen-bond acceptors (Lipinski definition) is 6. The number of carbonyl (C=O) groups excluding carboxylic acids is 1. The lowest BCUT2D eigenvalue weighted by Gasteiger charge is -2.23. The Morgan fingerprint density at radius 1 is 1.30 bits per heavy atom.